The van der Waals surface area contributed by atoms with Gasteiger partial charge in [-0.2, -0.15) is 14.8 Å². The SMILES string of the molecule is Cc1c(-c2ccccc2)c(=O)n2nc(S(C)(=O)=NC#N)nc2n1Cc1ccc(Cl)nc1. The third-order valence-corrected chi connectivity index (χ3v) is 6.23. The third kappa shape index (κ3) is 3.81. The summed E-state index contributed by atoms with van der Waals surface area (Å²) in [5.41, 5.74) is 2.21. The highest BCUT2D eigenvalue weighted by Gasteiger charge is 2.22. The van der Waals surface area contributed by atoms with Crippen molar-refractivity contribution in [2.45, 2.75) is 18.6 Å². The first-order valence-corrected chi connectivity index (χ1v) is 11.4. The minimum atomic E-state index is -3.19. The van der Waals surface area contributed by atoms with Gasteiger partial charge in [0.15, 0.2) is 0 Å². The number of halogens is 1. The molecule has 0 N–H and O–H groups in total. The molecule has 1 unspecified atom stereocenters. The molecular formula is C20H16ClN7O2S. The van der Waals surface area contributed by atoms with E-state index in [1.54, 1.807) is 16.8 Å². The Morgan fingerprint density at radius 3 is 2.61 bits per heavy atom. The summed E-state index contributed by atoms with van der Waals surface area (Å²) < 4.78 is 19.1. The lowest BCUT2D eigenvalue weighted by Crippen LogP contribution is -2.24. The van der Waals surface area contributed by atoms with Crippen molar-refractivity contribution in [1.29, 1.82) is 5.26 Å². The molecule has 9 nitrogen and oxygen atoms in total. The van der Waals surface area contributed by atoms with Crippen LogP contribution < -0.4 is 5.56 Å². The number of rotatable bonds is 4. The van der Waals surface area contributed by atoms with Crippen LogP contribution in [0, 0.1) is 18.4 Å². The second-order valence-corrected chi connectivity index (χ2v) is 9.35. The smallest absolute Gasteiger partial charge is 0.283 e. The summed E-state index contributed by atoms with van der Waals surface area (Å²) in [6.07, 6.45) is 4.41. The van der Waals surface area contributed by atoms with Gasteiger partial charge in [-0.15, -0.1) is 9.46 Å². The molecule has 4 rings (SSSR count). The number of aromatic nitrogens is 5. The summed E-state index contributed by atoms with van der Waals surface area (Å²) >= 11 is 5.90. The molecule has 1 atom stereocenters. The fourth-order valence-corrected chi connectivity index (χ4v) is 4.06. The van der Waals surface area contributed by atoms with Crippen LogP contribution in [0.15, 0.2) is 63.0 Å². The predicted molar refractivity (Wildman–Crippen MR) is 116 cm³/mol. The number of nitrogens with zero attached hydrogens (tertiary/aromatic N) is 7. The van der Waals surface area contributed by atoms with E-state index in [0.29, 0.717) is 28.5 Å². The fourth-order valence-electron chi connectivity index (χ4n) is 3.23. The van der Waals surface area contributed by atoms with Crippen molar-refractivity contribution in [3.05, 3.63) is 75.4 Å². The molecule has 3 aromatic heterocycles. The van der Waals surface area contributed by atoms with E-state index in [1.165, 1.54) is 12.4 Å². The molecule has 0 saturated carbocycles. The summed E-state index contributed by atoms with van der Waals surface area (Å²) in [7, 11) is -3.19. The molecule has 1 aromatic carbocycles. The van der Waals surface area contributed by atoms with E-state index in [4.69, 9.17) is 16.9 Å². The topological polar surface area (TPSA) is 118 Å². The Morgan fingerprint density at radius 1 is 1.23 bits per heavy atom. The predicted octanol–water partition coefficient (Wildman–Crippen LogP) is 2.90. The molecule has 11 heteroatoms. The van der Waals surface area contributed by atoms with Crippen LogP contribution in [0.1, 0.15) is 11.3 Å². The van der Waals surface area contributed by atoms with E-state index in [2.05, 4.69) is 19.4 Å². The molecule has 0 amide bonds. The molecule has 0 aliphatic carbocycles. The van der Waals surface area contributed by atoms with Crippen LogP contribution in [0.3, 0.4) is 0 Å². The maximum atomic E-state index is 13.3. The molecule has 31 heavy (non-hydrogen) atoms. The minimum absolute atomic E-state index is 0.182. The van der Waals surface area contributed by atoms with Crippen LogP contribution in [-0.2, 0) is 16.3 Å². The van der Waals surface area contributed by atoms with Gasteiger partial charge in [-0.25, -0.2) is 9.19 Å². The molecule has 0 saturated heterocycles. The summed E-state index contributed by atoms with van der Waals surface area (Å²) in [5.74, 6) is 0.190. The Balaban J connectivity index is 2.05. The van der Waals surface area contributed by atoms with Gasteiger partial charge in [0.2, 0.25) is 17.1 Å². The van der Waals surface area contributed by atoms with Gasteiger partial charge in [0.25, 0.3) is 5.56 Å². The van der Waals surface area contributed by atoms with Gasteiger partial charge in [0.1, 0.15) is 14.9 Å². The summed E-state index contributed by atoms with van der Waals surface area (Å²) in [6.45, 7) is 2.13. The molecule has 0 aliphatic rings. The van der Waals surface area contributed by atoms with Gasteiger partial charge in [0, 0.05) is 18.1 Å². The summed E-state index contributed by atoms with van der Waals surface area (Å²) in [5, 5.41) is 13.2. The number of nitriles is 1. The largest absolute Gasteiger partial charge is 0.309 e. The lowest BCUT2D eigenvalue weighted by molar-refractivity contribution is 0.672. The lowest BCUT2D eigenvalue weighted by Gasteiger charge is -2.15. The first kappa shape index (κ1) is 20.7. The standard InChI is InChI=1S/C20H16ClN7O2S/c1-13-17(15-6-4-3-5-7-15)18(29)28-20(25-19(26-28)31(2,30)24-12-22)27(13)11-14-8-9-16(21)23-10-14/h3-10H,11H2,1-2H3. The number of hydrogen-bond donors (Lipinski definition) is 0. The lowest BCUT2D eigenvalue weighted by atomic mass is 10.1. The second kappa shape index (κ2) is 7.94. The monoisotopic (exact) mass is 453 g/mol. The van der Waals surface area contributed by atoms with Crippen molar-refractivity contribution in [3.63, 3.8) is 0 Å². The highest BCUT2D eigenvalue weighted by molar-refractivity contribution is 7.92. The number of hydrogen-bond acceptors (Lipinski definition) is 7. The van der Waals surface area contributed by atoms with Gasteiger partial charge < -0.3 is 4.57 Å². The van der Waals surface area contributed by atoms with Crippen LogP contribution in [-0.4, -0.2) is 34.6 Å². The molecule has 4 aromatic rings. The quantitative estimate of drug-likeness (QED) is 0.346. The van der Waals surface area contributed by atoms with E-state index < -0.39 is 15.3 Å². The van der Waals surface area contributed by atoms with Crippen molar-refractivity contribution in [2.24, 2.45) is 4.36 Å². The second-order valence-electron chi connectivity index (χ2n) is 6.81. The van der Waals surface area contributed by atoms with Crippen LogP contribution in [0.25, 0.3) is 16.9 Å². The number of fused-ring (bicyclic) bond motifs is 1. The number of benzene rings is 1. The van der Waals surface area contributed by atoms with E-state index in [1.807, 2.05) is 43.3 Å². The first-order valence-electron chi connectivity index (χ1n) is 9.08. The van der Waals surface area contributed by atoms with Gasteiger partial charge >= 0.3 is 0 Å². The molecule has 0 radical (unpaired) electrons. The Bertz CT molecular complexity index is 1510. The average Bonchev–Trinajstić information content (AvgIpc) is 3.20. The molecule has 0 fully saturated rings. The zero-order chi connectivity index (χ0) is 22.2. The molecule has 0 bridgehead atoms. The van der Waals surface area contributed by atoms with Crippen LogP contribution in [0.5, 0.6) is 0 Å². The summed E-state index contributed by atoms with van der Waals surface area (Å²) in [6, 6.07) is 12.7. The third-order valence-electron chi connectivity index (χ3n) is 4.73. The van der Waals surface area contributed by atoms with Crippen LogP contribution in [0.4, 0.5) is 0 Å². The maximum absolute atomic E-state index is 13.3. The van der Waals surface area contributed by atoms with Crippen LogP contribution in [0.2, 0.25) is 5.15 Å². The van der Waals surface area contributed by atoms with E-state index >= 15 is 0 Å². The minimum Gasteiger partial charge on any atom is -0.309 e. The Morgan fingerprint density at radius 2 is 1.97 bits per heavy atom. The van der Waals surface area contributed by atoms with E-state index in [9.17, 15) is 9.00 Å². The van der Waals surface area contributed by atoms with Gasteiger partial charge in [-0.1, -0.05) is 48.0 Å². The highest BCUT2D eigenvalue weighted by atomic mass is 35.5. The molecule has 156 valence electrons. The maximum Gasteiger partial charge on any atom is 0.283 e. The summed E-state index contributed by atoms with van der Waals surface area (Å²) in [4.78, 5) is 21.7. The zero-order valence-electron chi connectivity index (χ0n) is 16.6. The zero-order valence-corrected chi connectivity index (χ0v) is 18.1. The van der Waals surface area contributed by atoms with E-state index in [0.717, 1.165) is 10.1 Å². The average molecular weight is 454 g/mol. The highest BCUT2D eigenvalue weighted by Crippen LogP contribution is 2.22. The van der Waals surface area contributed by atoms with Gasteiger partial charge in [-0.05, 0) is 24.1 Å². The molecular weight excluding hydrogens is 438 g/mol. The van der Waals surface area contributed by atoms with Crippen molar-refractivity contribution < 1.29 is 4.21 Å². The van der Waals surface area contributed by atoms with Crippen molar-refractivity contribution in [3.8, 4) is 17.3 Å². The Hall–Kier alpha value is -3.55. The van der Waals surface area contributed by atoms with Gasteiger partial charge in [-0.3, -0.25) is 4.79 Å². The van der Waals surface area contributed by atoms with Gasteiger partial charge in [0.05, 0.1) is 12.1 Å². The fraction of sp³-hybridized carbons (Fsp3) is 0.150. The first-order chi connectivity index (χ1) is 14.8. The molecule has 0 spiro atoms. The van der Waals surface area contributed by atoms with E-state index in [-0.39, 0.29) is 10.9 Å². The van der Waals surface area contributed by atoms with Crippen molar-refractivity contribution >= 4 is 27.1 Å². The van der Waals surface area contributed by atoms with Crippen LogP contribution >= 0.6 is 11.6 Å². The van der Waals surface area contributed by atoms with Crippen molar-refractivity contribution in [2.75, 3.05) is 6.26 Å². The normalized spacial score (nSPS) is 13.0. The van der Waals surface area contributed by atoms with Crippen molar-refractivity contribution in [1.82, 2.24) is 24.1 Å². The Kier molecular flexibility index (Phi) is 5.31. The molecule has 3 heterocycles. The Labute approximate surface area is 182 Å². The number of pyridine rings is 1. The molecule has 0 aliphatic heterocycles.